The predicted molar refractivity (Wildman–Crippen MR) is 88.4 cm³/mol. The maximum Gasteiger partial charge on any atom is 0.314 e. The number of hydrogen-bond donors (Lipinski definition) is 2. The molecule has 0 spiro atoms. The van der Waals surface area contributed by atoms with E-state index in [4.69, 9.17) is 4.74 Å². The van der Waals surface area contributed by atoms with E-state index in [2.05, 4.69) is 34.4 Å². The zero-order valence-corrected chi connectivity index (χ0v) is 14.4. The van der Waals surface area contributed by atoms with Gasteiger partial charge < -0.3 is 15.4 Å². The van der Waals surface area contributed by atoms with Crippen LogP contribution in [0.4, 0.5) is 4.79 Å². The summed E-state index contributed by atoms with van der Waals surface area (Å²) in [7, 11) is 0. The van der Waals surface area contributed by atoms with E-state index in [1.54, 1.807) is 11.3 Å². The van der Waals surface area contributed by atoms with Crippen molar-refractivity contribution in [2.75, 3.05) is 32.7 Å². The van der Waals surface area contributed by atoms with Crippen LogP contribution in [0.3, 0.4) is 0 Å². The minimum atomic E-state index is -0.110. The van der Waals surface area contributed by atoms with Crippen molar-refractivity contribution in [2.24, 2.45) is 0 Å². The molecule has 2 N–H and O–H groups in total. The third kappa shape index (κ3) is 5.90. The monoisotopic (exact) mass is 326 g/mol. The molecule has 7 heteroatoms. The Bertz CT molecular complexity index is 470. The van der Waals surface area contributed by atoms with Gasteiger partial charge in [0.1, 0.15) is 0 Å². The molecule has 2 amide bonds. The Morgan fingerprint density at radius 1 is 1.36 bits per heavy atom. The van der Waals surface area contributed by atoms with Crippen LogP contribution in [-0.4, -0.2) is 60.8 Å². The second kappa shape index (κ2) is 8.45. The number of thiazole rings is 1. The van der Waals surface area contributed by atoms with Crippen molar-refractivity contribution in [3.63, 3.8) is 0 Å². The molecule has 2 atom stereocenters. The molecule has 2 rings (SSSR count). The number of morpholine rings is 1. The summed E-state index contributed by atoms with van der Waals surface area (Å²) < 4.78 is 5.69. The van der Waals surface area contributed by atoms with Gasteiger partial charge in [-0.1, -0.05) is 0 Å². The number of carbonyl (C=O) groups is 1. The molecule has 124 valence electrons. The molecule has 1 saturated heterocycles. The van der Waals surface area contributed by atoms with Gasteiger partial charge in [-0.05, 0) is 20.8 Å². The van der Waals surface area contributed by atoms with Crippen molar-refractivity contribution in [1.82, 2.24) is 20.5 Å². The van der Waals surface area contributed by atoms with Crippen LogP contribution >= 0.6 is 11.3 Å². The number of ether oxygens (including phenoxy) is 1. The number of nitrogens with zero attached hydrogens (tertiary/aromatic N) is 2. The van der Waals surface area contributed by atoms with Gasteiger partial charge in [0.2, 0.25) is 0 Å². The van der Waals surface area contributed by atoms with Crippen molar-refractivity contribution in [2.45, 2.75) is 39.4 Å². The van der Waals surface area contributed by atoms with Crippen molar-refractivity contribution in [1.29, 1.82) is 0 Å². The van der Waals surface area contributed by atoms with Crippen LogP contribution in [0, 0.1) is 6.92 Å². The second-order valence-electron chi connectivity index (χ2n) is 5.81. The third-order valence-electron chi connectivity index (χ3n) is 3.54. The van der Waals surface area contributed by atoms with Crippen LogP contribution in [0.15, 0.2) is 5.38 Å². The summed E-state index contributed by atoms with van der Waals surface area (Å²) in [5.74, 6) is 0. The normalized spacial score (nSPS) is 22.5. The molecule has 0 aromatic carbocycles. The highest BCUT2D eigenvalue weighted by Crippen LogP contribution is 2.09. The second-order valence-corrected chi connectivity index (χ2v) is 6.87. The Labute approximate surface area is 136 Å². The molecular weight excluding hydrogens is 300 g/mol. The van der Waals surface area contributed by atoms with E-state index in [9.17, 15) is 4.79 Å². The fraction of sp³-hybridized carbons (Fsp3) is 0.733. The quantitative estimate of drug-likeness (QED) is 0.829. The highest BCUT2D eigenvalue weighted by atomic mass is 32.1. The molecule has 1 aliphatic rings. The van der Waals surface area contributed by atoms with Crippen LogP contribution in [-0.2, 0) is 11.2 Å². The number of amides is 2. The highest BCUT2D eigenvalue weighted by Gasteiger charge is 2.21. The summed E-state index contributed by atoms with van der Waals surface area (Å²) in [6, 6.07) is -0.110. The lowest BCUT2D eigenvalue weighted by molar-refractivity contribution is -0.0672. The number of aromatic nitrogens is 1. The molecule has 1 fully saturated rings. The number of urea groups is 1. The number of hydrogen-bond acceptors (Lipinski definition) is 5. The smallest absolute Gasteiger partial charge is 0.314 e. The summed E-state index contributed by atoms with van der Waals surface area (Å²) in [5.41, 5.74) is 1.04. The average molecular weight is 326 g/mol. The predicted octanol–water partition coefficient (Wildman–Crippen LogP) is 1.40. The van der Waals surface area contributed by atoms with Gasteiger partial charge >= 0.3 is 6.03 Å². The molecule has 0 radical (unpaired) electrons. The fourth-order valence-corrected chi connectivity index (χ4v) is 3.33. The first-order valence-electron chi connectivity index (χ1n) is 7.83. The molecule has 0 bridgehead atoms. The molecular formula is C15H26N4O2S. The molecule has 0 saturated carbocycles. The first-order chi connectivity index (χ1) is 10.5. The molecule has 2 heterocycles. The number of rotatable bonds is 6. The zero-order chi connectivity index (χ0) is 15.9. The van der Waals surface area contributed by atoms with E-state index in [1.165, 1.54) is 0 Å². The van der Waals surface area contributed by atoms with Crippen molar-refractivity contribution >= 4 is 17.4 Å². The number of nitrogens with one attached hydrogen (secondary N) is 2. The van der Waals surface area contributed by atoms with Crippen LogP contribution < -0.4 is 10.6 Å². The largest absolute Gasteiger partial charge is 0.373 e. The first kappa shape index (κ1) is 17.2. The zero-order valence-electron chi connectivity index (χ0n) is 13.6. The van der Waals surface area contributed by atoms with Crippen LogP contribution in [0.25, 0.3) is 0 Å². The van der Waals surface area contributed by atoms with E-state index in [0.29, 0.717) is 13.1 Å². The number of aryl methyl sites for hydroxylation is 1. The van der Waals surface area contributed by atoms with Gasteiger partial charge in [-0.15, -0.1) is 11.3 Å². The summed E-state index contributed by atoms with van der Waals surface area (Å²) in [4.78, 5) is 18.4. The molecule has 1 aromatic heterocycles. The third-order valence-corrected chi connectivity index (χ3v) is 4.36. The number of carbonyl (C=O) groups excluding carboxylic acids is 1. The minimum absolute atomic E-state index is 0.110. The van der Waals surface area contributed by atoms with Gasteiger partial charge in [0.15, 0.2) is 0 Å². The van der Waals surface area contributed by atoms with Gasteiger partial charge in [0.05, 0.1) is 22.9 Å². The Morgan fingerprint density at radius 2 is 2.05 bits per heavy atom. The van der Waals surface area contributed by atoms with Gasteiger partial charge in [0.25, 0.3) is 0 Å². The first-order valence-corrected chi connectivity index (χ1v) is 8.71. The van der Waals surface area contributed by atoms with Crippen molar-refractivity contribution < 1.29 is 9.53 Å². The standard InChI is InChI=1S/C15H26N4O2S/c1-11-8-19(9-12(2)21-11)7-6-17-15(20)16-5-4-14-10-22-13(3)18-14/h10-12H,4-9H2,1-3H3,(H2,16,17,20)/t11-,12-/m1/s1. The molecule has 0 aliphatic carbocycles. The Hall–Kier alpha value is -1.18. The lowest BCUT2D eigenvalue weighted by Crippen LogP contribution is -2.48. The van der Waals surface area contributed by atoms with Crippen molar-refractivity contribution in [3.05, 3.63) is 16.1 Å². The molecule has 1 aromatic rings. The van der Waals surface area contributed by atoms with E-state index < -0.39 is 0 Å². The summed E-state index contributed by atoms with van der Waals surface area (Å²) in [6.45, 7) is 10.1. The van der Waals surface area contributed by atoms with E-state index >= 15 is 0 Å². The Kier molecular flexibility index (Phi) is 6.60. The van der Waals surface area contributed by atoms with Crippen LogP contribution in [0.5, 0.6) is 0 Å². The molecule has 22 heavy (non-hydrogen) atoms. The lowest BCUT2D eigenvalue weighted by atomic mass is 10.2. The van der Waals surface area contributed by atoms with Crippen molar-refractivity contribution in [3.8, 4) is 0 Å². The van der Waals surface area contributed by atoms with Crippen LogP contribution in [0.1, 0.15) is 24.5 Å². The Balaban J connectivity index is 1.55. The molecule has 0 unspecified atom stereocenters. The topological polar surface area (TPSA) is 66.5 Å². The summed E-state index contributed by atoms with van der Waals surface area (Å²) >= 11 is 1.64. The molecule has 6 nitrogen and oxygen atoms in total. The maximum atomic E-state index is 11.7. The summed E-state index contributed by atoms with van der Waals surface area (Å²) in [6.07, 6.45) is 1.30. The maximum absolute atomic E-state index is 11.7. The fourth-order valence-electron chi connectivity index (χ4n) is 2.68. The Morgan fingerprint density at radius 3 is 2.68 bits per heavy atom. The minimum Gasteiger partial charge on any atom is -0.373 e. The average Bonchev–Trinajstić information content (AvgIpc) is 2.83. The van der Waals surface area contributed by atoms with E-state index in [-0.39, 0.29) is 18.2 Å². The van der Waals surface area contributed by atoms with Crippen LogP contribution in [0.2, 0.25) is 0 Å². The van der Waals surface area contributed by atoms with Gasteiger partial charge in [0, 0.05) is 44.5 Å². The summed E-state index contributed by atoms with van der Waals surface area (Å²) in [5, 5.41) is 8.87. The lowest BCUT2D eigenvalue weighted by Gasteiger charge is -2.35. The van der Waals surface area contributed by atoms with E-state index in [0.717, 1.165) is 36.8 Å². The highest BCUT2D eigenvalue weighted by molar-refractivity contribution is 7.09. The SMILES string of the molecule is Cc1nc(CCNC(=O)NCCN2C[C@@H](C)O[C@H](C)C2)cs1. The van der Waals surface area contributed by atoms with Gasteiger partial charge in [-0.25, -0.2) is 9.78 Å². The van der Waals surface area contributed by atoms with Gasteiger partial charge in [-0.2, -0.15) is 0 Å². The van der Waals surface area contributed by atoms with Gasteiger partial charge in [-0.3, -0.25) is 4.90 Å². The van der Waals surface area contributed by atoms with E-state index in [1.807, 2.05) is 12.3 Å². The molecule has 1 aliphatic heterocycles.